The molecule has 0 bridgehead atoms. The summed E-state index contributed by atoms with van der Waals surface area (Å²) in [6.07, 6.45) is 1.62. The lowest BCUT2D eigenvalue weighted by atomic mass is 10.1. The van der Waals surface area contributed by atoms with Crippen LogP contribution in [0.5, 0.6) is 0 Å². The fraction of sp³-hybridized carbons (Fsp3) is 0.500. The molecule has 118 valence electrons. The van der Waals surface area contributed by atoms with E-state index < -0.39 is 15.6 Å². The Balaban J connectivity index is 2.94. The molecule has 0 unspecified atom stereocenters. The molecule has 1 rings (SSSR count). The van der Waals surface area contributed by atoms with Gasteiger partial charge in [0.05, 0.1) is 5.75 Å². The van der Waals surface area contributed by atoms with Gasteiger partial charge >= 0.3 is 0 Å². The molecule has 4 nitrogen and oxygen atoms in total. The van der Waals surface area contributed by atoms with Crippen LogP contribution in [0.15, 0.2) is 36.9 Å². The number of rotatable bonds is 7. The van der Waals surface area contributed by atoms with Crippen molar-refractivity contribution in [2.75, 3.05) is 13.6 Å². The zero-order valence-corrected chi connectivity index (χ0v) is 14.2. The fourth-order valence-electron chi connectivity index (χ4n) is 2.17. The van der Waals surface area contributed by atoms with Crippen molar-refractivity contribution in [3.63, 3.8) is 0 Å². The van der Waals surface area contributed by atoms with Crippen LogP contribution in [-0.2, 0) is 22.3 Å². The molecule has 0 amide bonds. The van der Waals surface area contributed by atoms with Crippen molar-refractivity contribution in [2.45, 2.75) is 38.6 Å². The third kappa shape index (κ3) is 5.26. The minimum atomic E-state index is -3.37. The van der Waals surface area contributed by atoms with Gasteiger partial charge in [0, 0.05) is 18.6 Å². The molecule has 0 aliphatic rings. The van der Waals surface area contributed by atoms with E-state index in [0.717, 1.165) is 17.7 Å². The molecule has 1 aromatic carbocycles. The van der Waals surface area contributed by atoms with Crippen molar-refractivity contribution < 1.29 is 8.42 Å². The van der Waals surface area contributed by atoms with E-state index in [1.54, 1.807) is 6.08 Å². The maximum absolute atomic E-state index is 12.6. The molecule has 1 N–H and O–H groups in total. The topological polar surface area (TPSA) is 49.4 Å². The molecule has 0 saturated carbocycles. The summed E-state index contributed by atoms with van der Waals surface area (Å²) < 4.78 is 26.7. The fourth-order valence-corrected chi connectivity index (χ4v) is 4.10. The summed E-state index contributed by atoms with van der Waals surface area (Å²) >= 11 is 0. The highest BCUT2D eigenvalue weighted by Crippen LogP contribution is 2.21. The van der Waals surface area contributed by atoms with E-state index in [4.69, 9.17) is 0 Å². The molecule has 0 fully saturated rings. The van der Waals surface area contributed by atoms with Gasteiger partial charge in [-0.05, 0) is 38.9 Å². The lowest BCUT2D eigenvalue weighted by Crippen LogP contribution is -2.46. The van der Waals surface area contributed by atoms with Gasteiger partial charge in [0.25, 0.3) is 0 Å². The Hall–Kier alpha value is -1.17. The SMILES string of the molecule is C=CCN(C(C)(C)C)S(=O)(=O)Cc1ccc(CNC)cc1. The smallest absolute Gasteiger partial charge is 0.219 e. The van der Waals surface area contributed by atoms with Crippen LogP contribution in [-0.4, -0.2) is 31.9 Å². The van der Waals surface area contributed by atoms with Crippen LogP contribution >= 0.6 is 0 Å². The molecule has 0 aromatic heterocycles. The standard InChI is InChI=1S/C16H26N2O2S/c1-6-11-18(16(2,3)4)21(19,20)13-15-9-7-14(8-10-15)12-17-5/h6-10,17H,1,11-13H2,2-5H3. The molecule has 0 heterocycles. The third-order valence-electron chi connectivity index (χ3n) is 3.13. The molecular weight excluding hydrogens is 284 g/mol. The zero-order valence-electron chi connectivity index (χ0n) is 13.4. The Morgan fingerprint density at radius 2 is 1.71 bits per heavy atom. The molecule has 0 spiro atoms. The first-order chi connectivity index (χ1) is 9.70. The normalized spacial score (nSPS) is 12.6. The Morgan fingerprint density at radius 3 is 2.14 bits per heavy atom. The third-order valence-corrected chi connectivity index (χ3v) is 5.20. The monoisotopic (exact) mass is 310 g/mol. The van der Waals surface area contributed by atoms with Gasteiger partial charge in [-0.25, -0.2) is 8.42 Å². The van der Waals surface area contributed by atoms with Crippen LogP contribution in [0.1, 0.15) is 31.9 Å². The maximum atomic E-state index is 12.6. The average molecular weight is 310 g/mol. The van der Waals surface area contributed by atoms with E-state index >= 15 is 0 Å². The second-order valence-corrected chi connectivity index (χ2v) is 7.99. The predicted octanol–water partition coefficient (Wildman–Crippen LogP) is 2.52. The van der Waals surface area contributed by atoms with Gasteiger partial charge in [0.15, 0.2) is 0 Å². The molecule has 0 saturated heterocycles. The zero-order chi connectivity index (χ0) is 16.1. The summed E-state index contributed by atoms with van der Waals surface area (Å²) in [5.74, 6) is 0.0118. The first kappa shape index (κ1) is 17.9. The van der Waals surface area contributed by atoms with Crippen LogP contribution in [0, 0.1) is 0 Å². The molecule has 5 heteroatoms. The quantitative estimate of drug-likeness (QED) is 0.787. The average Bonchev–Trinajstić information content (AvgIpc) is 2.36. The lowest BCUT2D eigenvalue weighted by Gasteiger charge is -2.33. The van der Waals surface area contributed by atoms with Gasteiger partial charge in [-0.15, -0.1) is 6.58 Å². The van der Waals surface area contributed by atoms with Gasteiger partial charge < -0.3 is 5.32 Å². The molecule has 1 aromatic rings. The second-order valence-electron chi connectivity index (χ2n) is 6.09. The van der Waals surface area contributed by atoms with E-state index in [-0.39, 0.29) is 5.75 Å². The first-order valence-corrected chi connectivity index (χ1v) is 8.65. The Bertz CT molecular complexity index is 557. The first-order valence-electron chi connectivity index (χ1n) is 7.04. The minimum Gasteiger partial charge on any atom is -0.316 e. The van der Waals surface area contributed by atoms with Crippen molar-refractivity contribution in [1.82, 2.24) is 9.62 Å². The Morgan fingerprint density at radius 1 is 1.19 bits per heavy atom. The number of nitrogens with one attached hydrogen (secondary N) is 1. The second kappa shape index (κ2) is 7.20. The van der Waals surface area contributed by atoms with Crippen molar-refractivity contribution in [3.8, 4) is 0 Å². The summed E-state index contributed by atoms with van der Waals surface area (Å²) in [5.41, 5.74) is 1.48. The van der Waals surface area contributed by atoms with Gasteiger partial charge in [-0.2, -0.15) is 4.31 Å². The number of hydrogen-bond acceptors (Lipinski definition) is 3. The summed E-state index contributed by atoms with van der Waals surface area (Å²) in [4.78, 5) is 0. The largest absolute Gasteiger partial charge is 0.316 e. The maximum Gasteiger partial charge on any atom is 0.219 e. The molecule has 0 radical (unpaired) electrons. The molecule has 0 aliphatic heterocycles. The number of nitrogens with zero attached hydrogens (tertiary/aromatic N) is 1. The molecule has 0 atom stereocenters. The van der Waals surface area contributed by atoms with Crippen molar-refractivity contribution in [1.29, 1.82) is 0 Å². The summed E-state index contributed by atoms with van der Waals surface area (Å²) in [6, 6.07) is 7.66. The van der Waals surface area contributed by atoms with E-state index in [0.29, 0.717) is 6.54 Å². The Labute approximate surface area is 128 Å². The highest BCUT2D eigenvalue weighted by molar-refractivity contribution is 7.88. The van der Waals surface area contributed by atoms with Crippen molar-refractivity contribution in [3.05, 3.63) is 48.0 Å². The van der Waals surface area contributed by atoms with Gasteiger partial charge in [0.2, 0.25) is 10.0 Å². The molecule has 0 aliphatic carbocycles. The van der Waals surface area contributed by atoms with E-state index in [1.807, 2.05) is 52.1 Å². The van der Waals surface area contributed by atoms with Crippen LogP contribution < -0.4 is 5.32 Å². The van der Waals surface area contributed by atoms with Crippen LogP contribution in [0.25, 0.3) is 0 Å². The van der Waals surface area contributed by atoms with Crippen molar-refractivity contribution in [2.24, 2.45) is 0 Å². The Kier molecular flexibility index (Phi) is 6.13. The van der Waals surface area contributed by atoms with E-state index in [2.05, 4.69) is 11.9 Å². The molecular formula is C16H26N2O2S. The number of sulfonamides is 1. The highest BCUT2D eigenvalue weighted by Gasteiger charge is 2.31. The van der Waals surface area contributed by atoms with Crippen LogP contribution in [0.3, 0.4) is 0 Å². The van der Waals surface area contributed by atoms with Gasteiger partial charge in [-0.3, -0.25) is 0 Å². The highest BCUT2D eigenvalue weighted by atomic mass is 32.2. The summed E-state index contributed by atoms with van der Waals surface area (Å²) in [5, 5.41) is 3.07. The van der Waals surface area contributed by atoms with Gasteiger partial charge in [-0.1, -0.05) is 30.3 Å². The lowest BCUT2D eigenvalue weighted by molar-refractivity contribution is 0.269. The van der Waals surface area contributed by atoms with E-state index in [1.165, 1.54) is 4.31 Å². The van der Waals surface area contributed by atoms with Crippen LogP contribution in [0.2, 0.25) is 0 Å². The predicted molar refractivity (Wildman–Crippen MR) is 88.5 cm³/mol. The summed E-state index contributed by atoms with van der Waals surface area (Å²) in [6.45, 7) is 10.4. The van der Waals surface area contributed by atoms with Crippen LogP contribution in [0.4, 0.5) is 0 Å². The number of hydrogen-bond donors (Lipinski definition) is 1. The van der Waals surface area contributed by atoms with E-state index in [9.17, 15) is 8.42 Å². The minimum absolute atomic E-state index is 0.0118. The summed E-state index contributed by atoms with van der Waals surface area (Å²) in [7, 11) is -1.49. The van der Waals surface area contributed by atoms with Crippen molar-refractivity contribution >= 4 is 10.0 Å². The number of benzene rings is 1. The molecule has 21 heavy (non-hydrogen) atoms. The van der Waals surface area contributed by atoms with Gasteiger partial charge in [0.1, 0.15) is 0 Å².